The molecule has 1 aliphatic heterocycles. The van der Waals surface area contributed by atoms with Crippen LogP contribution < -0.4 is 4.18 Å². The van der Waals surface area contributed by atoms with Gasteiger partial charge in [0, 0.05) is 24.6 Å². The first-order chi connectivity index (χ1) is 19.5. The van der Waals surface area contributed by atoms with E-state index in [1.54, 1.807) is 38.2 Å². The van der Waals surface area contributed by atoms with Crippen LogP contribution in [-0.2, 0) is 38.5 Å². The topological polar surface area (TPSA) is 128 Å². The highest BCUT2D eigenvalue weighted by atomic mass is 32.2. The summed E-state index contributed by atoms with van der Waals surface area (Å²) in [5, 5.41) is 20.6. The van der Waals surface area contributed by atoms with Gasteiger partial charge in [-0.3, -0.25) is 0 Å². The Morgan fingerprint density at radius 3 is 2.38 bits per heavy atom. The fourth-order valence-electron chi connectivity index (χ4n) is 4.83. The summed E-state index contributed by atoms with van der Waals surface area (Å²) in [6.07, 6.45) is 4.04. The van der Waals surface area contributed by atoms with Gasteiger partial charge in [0.15, 0.2) is 0 Å². The van der Waals surface area contributed by atoms with Gasteiger partial charge in [-0.1, -0.05) is 58.5 Å². The molecule has 0 spiro atoms. The number of phenols is 1. The second-order valence-corrected chi connectivity index (χ2v) is 14.7. The fourth-order valence-corrected chi connectivity index (χ4v) is 7.05. The molecule has 11 heteroatoms. The highest BCUT2D eigenvalue weighted by Crippen LogP contribution is 2.46. The third-order valence-corrected chi connectivity index (χ3v) is 9.76. The Hall–Kier alpha value is -3.44. The van der Waals surface area contributed by atoms with Crippen molar-refractivity contribution in [1.29, 1.82) is 0 Å². The number of aryl methyl sites for hydroxylation is 3. The van der Waals surface area contributed by atoms with Crippen LogP contribution in [0.25, 0.3) is 0 Å². The number of benzene rings is 2. The van der Waals surface area contributed by atoms with E-state index in [0.717, 1.165) is 22.9 Å². The quantitative estimate of drug-likeness (QED) is 0.210. The molecule has 2 heterocycles. The van der Waals surface area contributed by atoms with E-state index in [0.29, 0.717) is 23.3 Å². The van der Waals surface area contributed by atoms with Crippen molar-refractivity contribution in [3.63, 3.8) is 0 Å². The maximum absolute atomic E-state index is 13.4. The number of esters is 1. The Labute approximate surface area is 251 Å². The summed E-state index contributed by atoms with van der Waals surface area (Å²) >= 11 is 1.11. The number of aliphatic hydroxyl groups is 1. The number of thioether (sulfide) groups is 1. The number of hydrogen-bond acceptors (Lipinski definition) is 9. The third kappa shape index (κ3) is 6.78. The summed E-state index contributed by atoms with van der Waals surface area (Å²) in [7, 11) is -2.49. The van der Waals surface area contributed by atoms with E-state index < -0.39 is 27.1 Å². The van der Waals surface area contributed by atoms with E-state index in [1.165, 1.54) is 17.1 Å². The minimum Gasteiger partial charge on any atom is -0.511 e. The number of carbonyl (C=O) groups is 1. The molecule has 3 aromatic rings. The molecule has 0 saturated heterocycles. The van der Waals surface area contributed by atoms with Crippen molar-refractivity contribution in [2.45, 2.75) is 81.7 Å². The summed E-state index contributed by atoms with van der Waals surface area (Å²) in [6.45, 7) is 11.6. The van der Waals surface area contributed by atoms with Crippen LogP contribution in [0, 0.1) is 12.8 Å². The minimum atomic E-state index is -4.16. The largest absolute Gasteiger partial charge is 0.511 e. The van der Waals surface area contributed by atoms with Crippen LogP contribution in [0.2, 0.25) is 0 Å². The summed E-state index contributed by atoms with van der Waals surface area (Å²) < 4.78 is 38.9. The molecule has 0 aliphatic carbocycles. The van der Waals surface area contributed by atoms with Gasteiger partial charge in [-0.25, -0.2) is 9.78 Å². The van der Waals surface area contributed by atoms with Crippen molar-refractivity contribution >= 4 is 27.8 Å². The Morgan fingerprint density at radius 1 is 1.17 bits per heavy atom. The molecule has 1 atom stereocenters. The smallest absolute Gasteiger partial charge is 0.358 e. The number of cyclic esters (lactones) is 1. The van der Waals surface area contributed by atoms with Crippen molar-refractivity contribution in [2.75, 3.05) is 0 Å². The number of aliphatic hydroxyl groups excluding tert-OH is 1. The second-order valence-electron chi connectivity index (χ2n) is 12.1. The number of rotatable bonds is 9. The van der Waals surface area contributed by atoms with Crippen molar-refractivity contribution < 1.29 is 32.3 Å². The maximum atomic E-state index is 13.4. The molecular weight excluding hydrogens is 576 g/mol. The summed E-state index contributed by atoms with van der Waals surface area (Å²) in [4.78, 5) is 18.1. The van der Waals surface area contributed by atoms with Crippen molar-refractivity contribution in [3.05, 3.63) is 76.3 Å². The molecule has 4 rings (SSSR count). The predicted molar refractivity (Wildman–Crippen MR) is 161 cm³/mol. The Balaban J connectivity index is 1.63. The normalized spacial score (nSPS) is 18.0. The summed E-state index contributed by atoms with van der Waals surface area (Å²) in [5.41, 5.74) is 0.933. The van der Waals surface area contributed by atoms with E-state index >= 15 is 0 Å². The molecule has 0 fully saturated rings. The van der Waals surface area contributed by atoms with Crippen LogP contribution >= 0.6 is 11.8 Å². The SMILES string of the molecule is Cc1cc(SC2=C(O)CC(CCc3ccc(O)cc3)(C(C)C)OC2=O)c(C(C)(C)C)cc1OS(=O)(=O)c1cn(C)cn1. The zero-order chi connectivity index (χ0) is 31.0. The van der Waals surface area contributed by atoms with E-state index in [9.17, 15) is 23.4 Å². The van der Waals surface area contributed by atoms with E-state index in [-0.39, 0.29) is 39.5 Å². The number of aromatic hydroxyl groups is 1. The Kier molecular flexibility index (Phi) is 8.76. The molecule has 1 unspecified atom stereocenters. The number of phenolic OH excluding ortho intramolecular Hbond substituents is 1. The number of ether oxygens (including phenoxy) is 1. The van der Waals surface area contributed by atoms with Gasteiger partial charge in [0.25, 0.3) is 0 Å². The molecule has 42 heavy (non-hydrogen) atoms. The van der Waals surface area contributed by atoms with Gasteiger partial charge in [0.1, 0.15) is 27.8 Å². The highest BCUT2D eigenvalue weighted by molar-refractivity contribution is 8.04. The van der Waals surface area contributed by atoms with Crippen LogP contribution in [0.3, 0.4) is 0 Å². The molecule has 1 aliphatic rings. The van der Waals surface area contributed by atoms with Crippen LogP contribution in [-0.4, -0.2) is 39.8 Å². The fraction of sp³-hybridized carbons (Fsp3) is 0.419. The van der Waals surface area contributed by atoms with Gasteiger partial charge in [-0.05, 0) is 72.1 Å². The first kappa shape index (κ1) is 31.5. The third-order valence-electron chi connectivity index (χ3n) is 7.47. The van der Waals surface area contributed by atoms with Crippen LogP contribution in [0.1, 0.15) is 64.2 Å². The van der Waals surface area contributed by atoms with E-state index in [2.05, 4.69) is 4.98 Å². The van der Waals surface area contributed by atoms with Gasteiger partial charge in [0.05, 0.1) is 6.33 Å². The Bertz CT molecular complexity index is 1620. The molecule has 0 bridgehead atoms. The lowest BCUT2D eigenvalue weighted by atomic mass is 9.80. The van der Waals surface area contributed by atoms with E-state index in [4.69, 9.17) is 8.92 Å². The molecule has 0 saturated carbocycles. The first-order valence-electron chi connectivity index (χ1n) is 13.7. The number of carbonyl (C=O) groups excluding carboxylic acids is 1. The van der Waals surface area contributed by atoms with Crippen molar-refractivity contribution in [2.24, 2.45) is 13.0 Å². The molecule has 2 aromatic carbocycles. The molecule has 1 aromatic heterocycles. The van der Waals surface area contributed by atoms with E-state index in [1.807, 2.05) is 46.8 Å². The lowest BCUT2D eigenvalue weighted by molar-refractivity contribution is -0.164. The van der Waals surface area contributed by atoms with Crippen molar-refractivity contribution in [3.8, 4) is 11.5 Å². The summed E-state index contributed by atoms with van der Waals surface area (Å²) in [6, 6.07) is 10.3. The van der Waals surface area contributed by atoms with Gasteiger partial charge in [0.2, 0.25) is 5.03 Å². The van der Waals surface area contributed by atoms with Gasteiger partial charge < -0.3 is 23.7 Å². The molecule has 9 nitrogen and oxygen atoms in total. The van der Waals surface area contributed by atoms with Crippen molar-refractivity contribution in [1.82, 2.24) is 9.55 Å². The first-order valence-corrected chi connectivity index (χ1v) is 15.9. The van der Waals surface area contributed by atoms with Gasteiger partial charge >= 0.3 is 16.1 Å². The minimum absolute atomic E-state index is 0.0359. The average molecular weight is 615 g/mol. The zero-order valence-corrected chi connectivity index (χ0v) is 26.6. The number of imidazole rings is 1. The predicted octanol–water partition coefficient (Wildman–Crippen LogP) is 6.34. The van der Waals surface area contributed by atoms with Gasteiger partial charge in [-0.15, -0.1) is 0 Å². The molecule has 2 N–H and O–H groups in total. The molecule has 226 valence electrons. The lowest BCUT2D eigenvalue weighted by Crippen LogP contribution is -2.44. The summed E-state index contributed by atoms with van der Waals surface area (Å²) in [5.74, 6) is -0.350. The standard InChI is InChI=1S/C31H38N2O7S2/c1-19(2)31(13-12-21-8-10-22(34)11-9-21)16-24(35)28(29(36)39-31)41-26-14-20(3)25(15-23(26)30(4,5)6)40-42(37,38)27-17-33(7)18-32-27/h8-11,14-15,17-19,34-35H,12-13,16H2,1-7H3. The number of hydrogen-bond donors (Lipinski definition) is 2. The molecule has 0 amide bonds. The van der Waals surface area contributed by atoms with Crippen LogP contribution in [0.15, 0.2) is 69.5 Å². The highest BCUT2D eigenvalue weighted by Gasteiger charge is 2.44. The van der Waals surface area contributed by atoms with Crippen LogP contribution in [0.5, 0.6) is 11.5 Å². The number of aromatic nitrogens is 2. The maximum Gasteiger partial charge on any atom is 0.358 e. The lowest BCUT2D eigenvalue weighted by Gasteiger charge is -2.40. The molecule has 0 radical (unpaired) electrons. The zero-order valence-electron chi connectivity index (χ0n) is 25.0. The number of nitrogens with zero attached hydrogens (tertiary/aromatic N) is 2. The van der Waals surface area contributed by atoms with Crippen LogP contribution in [0.4, 0.5) is 0 Å². The Morgan fingerprint density at radius 2 is 1.83 bits per heavy atom. The monoisotopic (exact) mass is 614 g/mol. The second kappa shape index (κ2) is 11.7. The van der Waals surface area contributed by atoms with Gasteiger partial charge in [-0.2, -0.15) is 8.42 Å². The molecular formula is C31H38N2O7S2. The average Bonchev–Trinajstić information content (AvgIpc) is 3.34.